The van der Waals surface area contributed by atoms with E-state index in [1.165, 1.54) is 19.1 Å². The van der Waals surface area contributed by atoms with Crippen molar-refractivity contribution in [2.45, 2.75) is 11.8 Å². The standard InChI is InChI=1S/C10H12ClNO6S2/c1-7-4-8(2-3-9(7)20(15,16)17)12-10(13)5-19(14)18-6-11/h2-4H,5-6H2,1H3,(H,12,13)(H,15,16,17). The summed E-state index contributed by atoms with van der Waals surface area (Å²) in [7, 11) is -4.30. The summed E-state index contributed by atoms with van der Waals surface area (Å²) >= 11 is 3.37. The van der Waals surface area contributed by atoms with Crippen molar-refractivity contribution < 1.29 is 26.2 Å². The molecular formula is C10H12ClNO6S2. The molecule has 0 fully saturated rings. The SMILES string of the molecule is Cc1cc(NC(=O)CS(=O)OCCl)ccc1S(=O)(=O)O. The van der Waals surface area contributed by atoms with Crippen LogP contribution in [0.4, 0.5) is 5.69 Å². The number of hydrogen-bond acceptors (Lipinski definition) is 5. The van der Waals surface area contributed by atoms with Gasteiger partial charge in [-0.15, -0.1) is 0 Å². The number of carbonyl (C=O) groups is 1. The predicted molar refractivity (Wildman–Crippen MR) is 74.4 cm³/mol. The first kappa shape index (κ1) is 17.1. The summed E-state index contributed by atoms with van der Waals surface area (Å²) in [5.41, 5.74) is 0.575. The maximum Gasteiger partial charge on any atom is 0.294 e. The van der Waals surface area contributed by atoms with Gasteiger partial charge < -0.3 is 5.32 Å². The lowest BCUT2D eigenvalue weighted by molar-refractivity contribution is -0.113. The minimum Gasteiger partial charge on any atom is -0.325 e. The lowest BCUT2D eigenvalue weighted by Gasteiger charge is -2.08. The molecule has 0 radical (unpaired) electrons. The number of hydrogen-bond donors (Lipinski definition) is 2. The Bertz CT molecular complexity index is 631. The number of anilines is 1. The zero-order valence-corrected chi connectivity index (χ0v) is 12.7. The van der Waals surface area contributed by atoms with E-state index in [-0.39, 0.29) is 16.5 Å². The monoisotopic (exact) mass is 341 g/mol. The molecule has 0 bridgehead atoms. The number of amides is 1. The van der Waals surface area contributed by atoms with Gasteiger partial charge in [0.15, 0.2) is 11.1 Å². The van der Waals surface area contributed by atoms with Crippen LogP contribution in [0.15, 0.2) is 23.1 Å². The summed E-state index contributed by atoms with van der Waals surface area (Å²) in [5, 5.41) is 2.42. The second kappa shape index (κ2) is 7.14. The summed E-state index contributed by atoms with van der Waals surface area (Å²) in [6.07, 6.45) is 0. The Hall–Kier alpha value is -1.00. The first-order valence-electron chi connectivity index (χ1n) is 5.19. The van der Waals surface area contributed by atoms with Gasteiger partial charge in [0.05, 0.1) is 4.90 Å². The van der Waals surface area contributed by atoms with E-state index in [1.807, 2.05) is 0 Å². The van der Waals surface area contributed by atoms with E-state index in [4.69, 9.17) is 16.2 Å². The molecule has 0 heterocycles. The normalized spacial score (nSPS) is 12.9. The van der Waals surface area contributed by atoms with Gasteiger partial charge in [-0.05, 0) is 30.7 Å². The molecule has 0 aromatic heterocycles. The summed E-state index contributed by atoms with van der Waals surface area (Å²) in [6, 6.07) is 3.54. The van der Waals surface area contributed by atoms with E-state index >= 15 is 0 Å². The average molecular weight is 342 g/mol. The zero-order chi connectivity index (χ0) is 15.3. The van der Waals surface area contributed by atoms with Crippen LogP contribution < -0.4 is 5.32 Å². The van der Waals surface area contributed by atoms with Gasteiger partial charge in [0.2, 0.25) is 5.91 Å². The minimum absolute atomic E-state index is 0.246. The lowest BCUT2D eigenvalue weighted by Crippen LogP contribution is -2.20. The Labute approximate surface area is 123 Å². The van der Waals surface area contributed by atoms with Gasteiger partial charge >= 0.3 is 0 Å². The molecule has 0 saturated heterocycles. The zero-order valence-electron chi connectivity index (χ0n) is 10.3. The van der Waals surface area contributed by atoms with Gasteiger partial charge in [-0.3, -0.25) is 13.5 Å². The van der Waals surface area contributed by atoms with Crippen molar-refractivity contribution in [2.24, 2.45) is 0 Å². The molecule has 0 aliphatic rings. The van der Waals surface area contributed by atoms with Gasteiger partial charge in [-0.2, -0.15) is 8.42 Å². The van der Waals surface area contributed by atoms with Gasteiger partial charge in [0.25, 0.3) is 10.1 Å². The van der Waals surface area contributed by atoms with E-state index in [1.54, 1.807) is 0 Å². The number of halogens is 1. The molecule has 1 unspecified atom stereocenters. The van der Waals surface area contributed by atoms with Crippen LogP contribution in [0.3, 0.4) is 0 Å². The number of benzene rings is 1. The molecule has 0 spiro atoms. The Kier molecular flexibility index (Phi) is 6.08. The first-order chi connectivity index (χ1) is 9.24. The Morgan fingerprint density at radius 2 is 2.15 bits per heavy atom. The van der Waals surface area contributed by atoms with Crippen LogP contribution in [0.2, 0.25) is 0 Å². The first-order valence-corrected chi connectivity index (χ1v) is 8.41. The molecule has 0 saturated carbocycles. The van der Waals surface area contributed by atoms with Crippen LogP contribution in [0, 0.1) is 6.92 Å². The smallest absolute Gasteiger partial charge is 0.294 e. The van der Waals surface area contributed by atoms with Gasteiger partial charge in [0, 0.05) is 5.69 Å². The molecule has 1 aromatic carbocycles. The van der Waals surface area contributed by atoms with E-state index in [9.17, 15) is 17.4 Å². The number of nitrogens with one attached hydrogen (secondary N) is 1. The molecule has 112 valence electrons. The molecule has 0 aliphatic carbocycles. The molecular weight excluding hydrogens is 330 g/mol. The molecule has 1 atom stereocenters. The van der Waals surface area contributed by atoms with E-state index in [2.05, 4.69) is 9.50 Å². The Balaban J connectivity index is 2.78. The summed E-state index contributed by atoms with van der Waals surface area (Å²) in [4.78, 5) is 11.3. The molecule has 10 heteroatoms. The second-order valence-electron chi connectivity index (χ2n) is 3.68. The van der Waals surface area contributed by atoms with E-state index in [0.29, 0.717) is 5.69 Å². The largest absolute Gasteiger partial charge is 0.325 e. The van der Waals surface area contributed by atoms with Gasteiger partial charge in [0.1, 0.15) is 11.8 Å². The highest BCUT2D eigenvalue weighted by atomic mass is 35.5. The van der Waals surface area contributed by atoms with Crippen molar-refractivity contribution in [1.29, 1.82) is 0 Å². The average Bonchev–Trinajstić information content (AvgIpc) is 2.26. The van der Waals surface area contributed by atoms with Crippen LogP contribution in [0.25, 0.3) is 0 Å². The molecule has 1 aromatic rings. The summed E-state index contributed by atoms with van der Waals surface area (Å²) in [6.45, 7) is 1.47. The summed E-state index contributed by atoms with van der Waals surface area (Å²) < 4.78 is 46.6. The molecule has 7 nitrogen and oxygen atoms in total. The van der Waals surface area contributed by atoms with Crippen LogP contribution in [0.1, 0.15) is 5.56 Å². The minimum atomic E-state index is -4.30. The Morgan fingerprint density at radius 3 is 2.65 bits per heavy atom. The van der Waals surface area contributed by atoms with Crippen LogP contribution in [-0.4, -0.2) is 34.9 Å². The highest BCUT2D eigenvalue weighted by molar-refractivity contribution is 7.85. The fraction of sp³-hybridized carbons (Fsp3) is 0.300. The van der Waals surface area contributed by atoms with Gasteiger partial charge in [-0.25, -0.2) is 4.21 Å². The number of aryl methyl sites for hydroxylation is 1. The number of carbonyl (C=O) groups excluding carboxylic acids is 1. The molecule has 1 rings (SSSR count). The number of alkyl halides is 1. The molecule has 20 heavy (non-hydrogen) atoms. The second-order valence-corrected chi connectivity index (χ2v) is 6.42. The van der Waals surface area contributed by atoms with Crippen molar-refractivity contribution >= 4 is 44.4 Å². The van der Waals surface area contributed by atoms with Crippen molar-refractivity contribution in [1.82, 2.24) is 0 Å². The third-order valence-electron chi connectivity index (χ3n) is 2.16. The van der Waals surface area contributed by atoms with Crippen LogP contribution in [-0.2, 0) is 30.2 Å². The molecule has 2 N–H and O–H groups in total. The third kappa shape index (κ3) is 5.17. The maximum absolute atomic E-state index is 11.5. The van der Waals surface area contributed by atoms with Crippen molar-refractivity contribution in [3.63, 3.8) is 0 Å². The topological polar surface area (TPSA) is 110 Å². The van der Waals surface area contributed by atoms with E-state index in [0.717, 1.165) is 6.07 Å². The predicted octanol–water partition coefficient (Wildman–Crippen LogP) is 1.06. The fourth-order valence-corrected chi connectivity index (χ4v) is 2.88. The highest BCUT2D eigenvalue weighted by Crippen LogP contribution is 2.19. The third-order valence-corrected chi connectivity index (χ3v) is 4.29. The van der Waals surface area contributed by atoms with Crippen LogP contribution in [0.5, 0.6) is 0 Å². The van der Waals surface area contributed by atoms with Crippen molar-refractivity contribution in [2.75, 3.05) is 17.1 Å². The van der Waals surface area contributed by atoms with E-state index < -0.39 is 32.9 Å². The highest BCUT2D eigenvalue weighted by Gasteiger charge is 2.14. The maximum atomic E-state index is 11.5. The lowest BCUT2D eigenvalue weighted by atomic mass is 10.2. The van der Waals surface area contributed by atoms with Crippen molar-refractivity contribution in [3.8, 4) is 0 Å². The Morgan fingerprint density at radius 1 is 1.50 bits per heavy atom. The van der Waals surface area contributed by atoms with Gasteiger partial charge in [-0.1, -0.05) is 11.6 Å². The quantitative estimate of drug-likeness (QED) is 0.591. The van der Waals surface area contributed by atoms with Crippen LogP contribution >= 0.6 is 11.6 Å². The molecule has 1 amide bonds. The number of rotatable bonds is 6. The summed E-state index contributed by atoms with van der Waals surface area (Å²) in [5.74, 6) is -0.973. The molecule has 0 aliphatic heterocycles. The van der Waals surface area contributed by atoms with Crippen molar-refractivity contribution in [3.05, 3.63) is 23.8 Å². The fourth-order valence-electron chi connectivity index (χ4n) is 1.41.